The third-order valence-electron chi connectivity index (χ3n) is 13.0. The van der Waals surface area contributed by atoms with Gasteiger partial charge in [0.25, 0.3) is 0 Å². The van der Waals surface area contributed by atoms with Gasteiger partial charge in [-0.05, 0) is 108 Å². The van der Waals surface area contributed by atoms with Gasteiger partial charge in [-0.1, -0.05) is 364 Å². The fourth-order valence-corrected chi connectivity index (χ4v) is 18.4. The van der Waals surface area contributed by atoms with Crippen LogP contribution >= 0.6 is 31.7 Å². The van der Waals surface area contributed by atoms with Crippen LogP contribution in [-0.2, 0) is 4.74 Å². The van der Waals surface area contributed by atoms with Crippen molar-refractivity contribution < 1.29 is 4.74 Å². The van der Waals surface area contributed by atoms with Crippen LogP contribution in [0.15, 0.2) is 364 Å². The molecule has 1 saturated heterocycles. The zero-order chi connectivity index (χ0) is 55.2. The van der Waals surface area contributed by atoms with E-state index in [2.05, 4.69) is 364 Å². The zero-order valence-electron chi connectivity index (χ0n) is 45.7. The van der Waals surface area contributed by atoms with Crippen LogP contribution in [0.5, 0.6) is 0 Å². The molecular formula is C76H68OP4. The molecule has 0 atom stereocenters. The van der Waals surface area contributed by atoms with Gasteiger partial charge in [-0.15, -0.1) is 0 Å². The van der Waals surface area contributed by atoms with Crippen LogP contribution in [0.3, 0.4) is 0 Å². The highest BCUT2D eigenvalue weighted by Crippen LogP contribution is 2.35. The predicted molar refractivity (Wildman–Crippen MR) is 361 cm³/mol. The molecule has 0 saturated carbocycles. The first-order chi connectivity index (χ1) is 40.3. The Hall–Kier alpha value is -7.68. The Balaban J connectivity index is 0.000000126. The average Bonchev–Trinajstić information content (AvgIpc) is 4.17. The van der Waals surface area contributed by atoms with Gasteiger partial charge in [-0.25, -0.2) is 0 Å². The van der Waals surface area contributed by atoms with Crippen molar-refractivity contribution in [1.82, 2.24) is 0 Å². The largest absolute Gasteiger partial charge is 0.381 e. The third-order valence-corrected chi connectivity index (χ3v) is 22.8. The molecule has 1 heterocycles. The summed E-state index contributed by atoms with van der Waals surface area (Å²) in [7, 11) is -1.78. The Bertz CT molecular complexity index is 2660. The lowest BCUT2D eigenvalue weighted by atomic mass is 10.4. The van der Waals surface area contributed by atoms with Crippen LogP contribution in [0, 0.1) is 0 Å². The Morgan fingerprint density at radius 3 is 0.321 bits per heavy atom. The van der Waals surface area contributed by atoms with Crippen molar-refractivity contribution in [2.24, 2.45) is 0 Å². The lowest BCUT2D eigenvalue weighted by Gasteiger charge is -2.18. The smallest absolute Gasteiger partial charge is 0.0466 e. The van der Waals surface area contributed by atoms with Crippen LogP contribution in [-0.4, -0.2) is 13.2 Å². The summed E-state index contributed by atoms with van der Waals surface area (Å²) in [5.74, 6) is 0. The van der Waals surface area contributed by atoms with Crippen LogP contribution in [0.4, 0.5) is 0 Å². The van der Waals surface area contributed by atoms with E-state index in [-0.39, 0.29) is 0 Å². The second-order valence-electron chi connectivity index (χ2n) is 18.7. The summed E-state index contributed by atoms with van der Waals surface area (Å²) >= 11 is 0. The van der Waals surface area contributed by atoms with E-state index in [0.29, 0.717) is 0 Å². The molecule has 398 valence electrons. The number of rotatable bonds is 12. The van der Waals surface area contributed by atoms with E-state index in [9.17, 15) is 0 Å². The first-order valence-electron chi connectivity index (χ1n) is 27.7. The summed E-state index contributed by atoms with van der Waals surface area (Å²) in [6, 6.07) is 129. The fraction of sp³-hybridized carbons (Fsp3) is 0.0526. The monoisotopic (exact) mass is 1120 g/mol. The Morgan fingerprint density at radius 1 is 0.148 bits per heavy atom. The molecule has 1 nitrogen and oxygen atoms in total. The van der Waals surface area contributed by atoms with E-state index in [0.717, 1.165) is 13.2 Å². The normalized spacial score (nSPS) is 11.4. The van der Waals surface area contributed by atoms with E-state index in [1.54, 1.807) is 0 Å². The highest BCUT2D eigenvalue weighted by atomic mass is 31.1. The van der Waals surface area contributed by atoms with E-state index < -0.39 is 31.7 Å². The van der Waals surface area contributed by atoms with Crippen molar-refractivity contribution in [1.29, 1.82) is 0 Å². The first kappa shape index (κ1) is 58.0. The molecule has 0 bridgehead atoms. The zero-order valence-corrected chi connectivity index (χ0v) is 49.2. The molecule has 0 spiro atoms. The Morgan fingerprint density at radius 2 is 0.247 bits per heavy atom. The quantitative estimate of drug-likeness (QED) is 0.111. The number of hydrogen-bond acceptors (Lipinski definition) is 1. The summed E-state index contributed by atoms with van der Waals surface area (Å²) in [4.78, 5) is 0. The summed E-state index contributed by atoms with van der Waals surface area (Å²) in [5.41, 5.74) is 0. The molecule has 13 rings (SSSR count). The van der Waals surface area contributed by atoms with Gasteiger partial charge in [-0.3, -0.25) is 0 Å². The number of benzene rings is 12. The minimum Gasteiger partial charge on any atom is -0.381 e. The van der Waals surface area contributed by atoms with Gasteiger partial charge in [0.05, 0.1) is 0 Å². The van der Waals surface area contributed by atoms with Crippen LogP contribution in [0.25, 0.3) is 0 Å². The minimum atomic E-state index is -0.446. The second kappa shape index (κ2) is 33.2. The van der Waals surface area contributed by atoms with Crippen LogP contribution in [0.1, 0.15) is 12.8 Å². The van der Waals surface area contributed by atoms with E-state index in [1.807, 2.05) is 0 Å². The van der Waals surface area contributed by atoms with E-state index in [4.69, 9.17) is 4.74 Å². The molecule has 5 heteroatoms. The van der Waals surface area contributed by atoms with Gasteiger partial charge in [0.1, 0.15) is 0 Å². The van der Waals surface area contributed by atoms with Crippen molar-refractivity contribution >= 4 is 95.3 Å². The third kappa shape index (κ3) is 17.9. The summed E-state index contributed by atoms with van der Waals surface area (Å²) in [6.45, 7) is 2.00. The van der Waals surface area contributed by atoms with Crippen molar-refractivity contribution in [3.8, 4) is 0 Å². The Labute approximate surface area is 487 Å². The topological polar surface area (TPSA) is 9.23 Å². The fourth-order valence-electron chi connectivity index (χ4n) is 9.22. The van der Waals surface area contributed by atoms with Crippen LogP contribution in [0.2, 0.25) is 0 Å². The lowest BCUT2D eigenvalue weighted by Crippen LogP contribution is -2.20. The summed E-state index contributed by atoms with van der Waals surface area (Å²) in [5, 5.41) is 16.8. The molecular weight excluding hydrogens is 1050 g/mol. The summed E-state index contributed by atoms with van der Waals surface area (Å²) in [6.07, 6.45) is 2.56. The second-order valence-corrected chi connectivity index (χ2v) is 27.6. The SMILES string of the molecule is C1CCOC1.c1ccc(P(c2ccccc2)c2ccccc2)cc1.c1ccc(P(c2ccccc2)c2ccccc2)cc1.c1ccc(P(c2ccccc2)c2ccccc2)cc1.c1ccc(P(c2ccccc2)c2ccccc2)cc1. The highest BCUT2D eigenvalue weighted by Gasteiger charge is 2.18. The van der Waals surface area contributed by atoms with Gasteiger partial charge >= 0.3 is 0 Å². The van der Waals surface area contributed by atoms with Gasteiger partial charge in [-0.2, -0.15) is 0 Å². The minimum absolute atomic E-state index is 0.446. The van der Waals surface area contributed by atoms with Crippen molar-refractivity contribution in [2.45, 2.75) is 12.8 Å². The predicted octanol–water partition coefficient (Wildman–Crippen LogP) is 14.6. The maximum atomic E-state index is 4.94. The summed E-state index contributed by atoms with van der Waals surface area (Å²) < 4.78 is 4.94. The van der Waals surface area contributed by atoms with Gasteiger partial charge in [0.2, 0.25) is 0 Å². The molecule has 0 N–H and O–H groups in total. The maximum absolute atomic E-state index is 4.94. The Kier molecular flexibility index (Phi) is 23.7. The molecule has 12 aromatic carbocycles. The molecule has 1 aliphatic rings. The lowest BCUT2D eigenvalue weighted by molar-refractivity contribution is 0.198. The molecule has 0 unspecified atom stereocenters. The standard InChI is InChI=1S/4C18H15P.C4H8O/c4*1-4-10-16(11-5-1)19(17-12-6-2-7-13-17)18-14-8-3-9-15-18;1-2-4-5-3-1/h4*1-15H;1-4H2. The molecule has 12 aromatic rings. The van der Waals surface area contributed by atoms with Crippen molar-refractivity contribution in [2.75, 3.05) is 13.2 Å². The molecule has 1 fully saturated rings. The highest BCUT2D eigenvalue weighted by molar-refractivity contribution is 7.81. The van der Waals surface area contributed by atoms with Gasteiger partial charge < -0.3 is 4.74 Å². The maximum Gasteiger partial charge on any atom is 0.0466 e. The molecule has 0 aliphatic carbocycles. The van der Waals surface area contributed by atoms with Crippen molar-refractivity contribution in [3.63, 3.8) is 0 Å². The van der Waals surface area contributed by atoms with Gasteiger partial charge in [0.15, 0.2) is 0 Å². The average molecular weight is 1120 g/mol. The molecule has 81 heavy (non-hydrogen) atoms. The van der Waals surface area contributed by atoms with E-state index in [1.165, 1.54) is 76.5 Å². The molecule has 0 radical (unpaired) electrons. The van der Waals surface area contributed by atoms with Gasteiger partial charge in [0, 0.05) is 13.2 Å². The van der Waals surface area contributed by atoms with Crippen molar-refractivity contribution in [3.05, 3.63) is 364 Å². The number of ether oxygens (including phenoxy) is 1. The number of hydrogen-bond donors (Lipinski definition) is 0. The molecule has 0 aromatic heterocycles. The first-order valence-corrected chi connectivity index (χ1v) is 33.1. The molecule has 0 amide bonds. The van der Waals surface area contributed by atoms with Crippen LogP contribution < -0.4 is 63.7 Å². The van der Waals surface area contributed by atoms with E-state index >= 15 is 0 Å². The molecule has 1 aliphatic heterocycles.